The molecule has 6 heteroatoms. The number of rotatable bonds is 3. The number of hydrogen-bond acceptors (Lipinski definition) is 4. The fourth-order valence-electron chi connectivity index (χ4n) is 0.300. The summed E-state index contributed by atoms with van der Waals surface area (Å²) in [6.45, 7) is 0. The molecule has 0 saturated heterocycles. The minimum Gasteiger partial charge on any atom is -0.352 e. The summed E-state index contributed by atoms with van der Waals surface area (Å²) in [5.74, 6) is 0. The number of hydrogen-bond donors (Lipinski definition) is 3. The van der Waals surface area contributed by atoms with Crippen molar-refractivity contribution in [2.75, 3.05) is 0 Å². The minimum absolute atomic E-state index is 0.0881. The van der Waals surface area contributed by atoms with Gasteiger partial charge < -0.3 is 11.1 Å². The van der Waals surface area contributed by atoms with E-state index in [0.717, 1.165) is 0 Å². The van der Waals surface area contributed by atoms with Gasteiger partial charge in [-0.2, -0.15) is 0 Å². The molecule has 0 unspecified atom stereocenters. The van der Waals surface area contributed by atoms with Gasteiger partial charge in [0.15, 0.2) is 12.6 Å². The van der Waals surface area contributed by atoms with Crippen LogP contribution < -0.4 is 16.8 Å². The third kappa shape index (κ3) is 2.23. The van der Waals surface area contributed by atoms with Crippen LogP contribution in [-0.4, -0.2) is 24.3 Å². The molecule has 0 radical (unpaired) electrons. The van der Waals surface area contributed by atoms with Gasteiger partial charge in [0.1, 0.15) is 0 Å². The number of primary amides is 1. The average molecular weight is 145 g/mol. The summed E-state index contributed by atoms with van der Waals surface area (Å²) in [6.07, 6.45) is 0.176. The van der Waals surface area contributed by atoms with Crippen LogP contribution in [0.2, 0.25) is 0 Å². The summed E-state index contributed by atoms with van der Waals surface area (Å²) in [5.41, 5.74) is 7.55. The van der Waals surface area contributed by atoms with Crippen LogP contribution in [0, 0.1) is 0 Å². The van der Waals surface area contributed by atoms with Crippen LogP contribution >= 0.6 is 0 Å². The zero-order chi connectivity index (χ0) is 8.20. The molecule has 0 aromatic carbocycles. The molecule has 0 fully saturated rings. The molecule has 0 rings (SSSR count). The molecule has 0 saturated carbocycles. The first-order chi connectivity index (χ1) is 4.54. The molecular weight excluding hydrogens is 138 g/mol. The van der Waals surface area contributed by atoms with Crippen LogP contribution in [0.4, 0.5) is 4.79 Å². The Morgan fingerprint density at radius 1 is 1.40 bits per heavy atom. The number of urea groups is 1. The van der Waals surface area contributed by atoms with Gasteiger partial charge in [-0.1, -0.05) is 0 Å². The fourth-order valence-corrected chi connectivity index (χ4v) is 0.300. The summed E-state index contributed by atoms with van der Waals surface area (Å²) in [4.78, 5) is 30.0. The van der Waals surface area contributed by atoms with Crippen molar-refractivity contribution in [3.05, 3.63) is 0 Å². The van der Waals surface area contributed by atoms with Crippen molar-refractivity contribution < 1.29 is 14.4 Å². The minimum atomic E-state index is -1.98. The van der Waals surface area contributed by atoms with E-state index < -0.39 is 11.7 Å². The highest BCUT2D eigenvalue weighted by Gasteiger charge is 2.23. The SMILES string of the molecule is NC(=O)NC(N)(C=O)C=O. The third-order valence-corrected chi connectivity index (χ3v) is 0.730. The van der Waals surface area contributed by atoms with Gasteiger partial charge in [0.2, 0.25) is 5.66 Å². The summed E-state index contributed by atoms with van der Waals surface area (Å²) >= 11 is 0. The van der Waals surface area contributed by atoms with Gasteiger partial charge in [0, 0.05) is 0 Å². The largest absolute Gasteiger partial charge is 0.352 e. The molecule has 0 aromatic rings. The Labute approximate surface area is 56.5 Å². The number of nitrogens with two attached hydrogens (primary N) is 2. The Hall–Kier alpha value is -1.43. The molecule has 0 spiro atoms. The quantitative estimate of drug-likeness (QED) is 0.235. The predicted molar refractivity (Wildman–Crippen MR) is 31.8 cm³/mol. The zero-order valence-electron chi connectivity index (χ0n) is 5.03. The molecule has 10 heavy (non-hydrogen) atoms. The molecule has 0 aliphatic rings. The molecule has 0 aromatic heterocycles. The molecule has 0 atom stereocenters. The lowest BCUT2D eigenvalue weighted by Gasteiger charge is -2.14. The van der Waals surface area contributed by atoms with E-state index in [2.05, 4.69) is 5.73 Å². The predicted octanol–water partition coefficient (Wildman–Crippen LogP) is -2.29. The van der Waals surface area contributed by atoms with Gasteiger partial charge in [0.25, 0.3) is 0 Å². The normalized spacial score (nSPS) is 10.1. The Morgan fingerprint density at radius 3 is 1.90 bits per heavy atom. The number of carbonyl (C=O) groups excluding carboxylic acids is 3. The van der Waals surface area contributed by atoms with Crippen molar-refractivity contribution in [3.63, 3.8) is 0 Å². The van der Waals surface area contributed by atoms with E-state index in [4.69, 9.17) is 5.73 Å². The van der Waals surface area contributed by atoms with E-state index in [1.807, 2.05) is 0 Å². The number of carbonyl (C=O) groups is 3. The summed E-state index contributed by atoms with van der Waals surface area (Å²) in [6, 6.07) is -1.03. The molecule has 0 aliphatic carbocycles. The van der Waals surface area contributed by atoms with E-state index in [9.17, 15) is 14.4 Å². The number of amides is 2. The number of aldehydes is 2. The molecule has 0 aliphatic heterocycles. The molecule has 0 heterocycles. The van der Waals surface area contributed by atoms with Gasteiger partial charge in [-0.25, -0.2) is 4.79 Å². The Balaban J connectivity index is 4.19. The highest BCUT2D eigenvalue weighted by atomic mass is 16.2. The van der Waals surface area contributed by atoms with Crippen LogP contribution in [0.3, 0.4) is 0 Å². The van der Waals surface area contributed by atoms with Crippen LogP contribution in [0.1, 0.15) is 0 Å². The monoisotopic (exact) mass is 145 g/mol. The first-order valence-corrected chi connectivity index (χ1v) is 2.33. The molecule has 6 nitrogen and oxygen atoms in total. The van der Waals surface area contributed by atoms with Gasteiger partial charge in [-0.05, 0) is 0 Å². The highest BCUT2D eigenvalue weighted by molar-refractivity contribution is 5.93. The lowest BCUT2D eigenvalue weighted by atomic mass is 10.2. The topological polar surface area (TPSA) is 115 Å². The van der Waals surface area contributed by atoms with Crippen molar-refractivity contribution in [1.29, 1.82) is 0 Å². The molecular formula is C4H7N3O3. The summed E-state index contributed by atoms with van der Waals surface area (Å²) in [5, 5.41) is 1.74. The third-order valence-electron chi connectivity index (χ3n) is 0.730. The van der Waals surface area contributed by atoms with Gasteiger partial charge >= 0.3 is 6.03 Å². The van der Waals surface area contributed by atoms with Crippen LogP contribution in [0.5, 0.6) is 0 Å². The maximum absolute atomic E-state index is 10.0. The molecule has 56 valence electrons. The van der Waals surface area contributed by atoms with E-state index >= 15 is 0 Å². The van der Waals surface area contributed by atoms with Crippen molar-refractivity contribution in [2.24, 2.45) is 11.5 Å². The molecule has 5 N–H and O–H groups in total. The lowest BCUT2D eigenvalue weighted by molar-refractivity contribution is -0.121. The summed E-state index contributed by atoms with van der Waals surface area (Å²) in [7, 11) is 0. The smallest absolute Gasteiger partial charge is 0.314 e. The van der Waals surface area contributed by atoms with Crippen LogP contribution in [-0.2, 0) is 9.59 Å². The van der Waals surface area contributed by atoms with Gasteiger partial charge in [0.05, 0.1) is 0 Å². The fraction of sp³-hybridized carbons (Fsp3) is 0.250. The van der Waals surface area contributed by atoms with Crippen LogP contribution in [0.15, 0.2) is 0 Å². The van der Waals surface area contributed by atoms with E-state index in [1.165, 1.54) is 0 Å². The van der Waals surface area contributed by atoms with E-state index in [-0.39, 0.29) is 12.6 Å². The standard InChI is InChI=1S/C4H7N3O3/c5-3(10)7-4(6,1-8)2-9/h1-2H,6H2,(H3,5,7,10). The van der Waals surface area contributed by atoms with Gasteiger partial charge in [-0.15, -0.1) is 0 Å². The average Bonchev–Trinajstić information content (AvgIpc) is 1.87. The first-order valence-electron chi connectivity index (χ1n) is 2.33. The van der Waals surface area contributed by atoms with Crippen molar-refractivity contribution in [2.45, 2.75) is 5.66 Å². The Morgan fingerprint density at radius 2 is 1.80 bits per heavy atom. The van der Waals surface area contributed by atoms with Crippen molar-refractivity contribution in [3.8, 4) is 0 Å². The maximum Gasteiger partial charge on any atom is 0.314 e. The van der Waals surface area contributed by atoms with Crippen molar-refractivity contribution in [1.82, 2.24) is 5.32 Å². The molecule has 2 amide bonds. The maximum atomic E-state index is 10.0. The van der Waals surface area contributed by atoms with E-state index in [0.29, 0.717) is 0 Å². The summed E-state index contributed by atoms with van der Waals surface area (Å²) < 4.78 is 0. The second kappa shape index (κ2) is 2.92. The van der Waals surface area contributed by atoms with Crippen LogP contribution in [0.25, 0.3) is 0 Å². The second-order valence-corrected chi connectivity index (χ2v) is 1.66. The Bertz CT molecular complexity index is 159. The lowest BCUT2D eigenvalue weighted by Crippen LogP contribution is -2.60. The van der Waals surface area contributed by atoms with E-state index in [1.54, 1.807) is 5.32 Å². The second-order valence-electron chi connectivity index (χ2n) is 1.66. The van der Waals surface area contributed by atoms with Gasteiger partial charge in [-0.3, -0.25) is 15.3 Å². The first kappa shape index (κ1) is 8.57. The molecule has 0 bridgehead atoms. The number of nitrogens with one attached hydrogen (secondary N) is 1. The Kier molecular flexibility index (Phi) is 2.51. The zero-order valence-corrected chi connectivity index (χ0v) is 5.03. The van der Waals surface area contributed by atoms with Crippen molar-refractivity contribution >= 4 is 18.6 Å². The highest BCUT2D eigenvalue weighted by Crippen LogP contribution is 1.81.